The molecule has 0 saturated heterocycles. The van der Waals surface area contributed by atoms with E-state index in [9.17, 15) is 0 Å². The second kappa shape index (κ2) is 8.09. The van der Waals surface area contributed by atoms with E-state index in [2.05, 4.69) is 58.6 Å². The molecule has 6 heteroatoms. The third-order valence-electron chi connectivity index (χ3n) is 6.49. The van der Waals surface area contributed by atoms with Crippen LogP contribution in [0.5, 0.6) is 11.5 Å². The van der Waals surface area contributed by atoms with Crippen molar-refractivity contribution in [1.29, 1.82) is 0 Å². The Hall–Kier alpha value is -3.57. The van der Waals surface area contributed by atoms with Crippen LogP contribution in [0.4, 0.5) is 5.69 Å². The average molecular weight is 458 g/mol. The molecule has 4 aromatic rings. The van der Waals surface area contributed by atoms with Gasteiger partial charge in [0.2, 0.25) is 6.79 Å². The molecule has 166 valence electrons. The van der Waals surface area contributed by atoms with Crippen LogP contribution >= 0.6 is 11.6 Å². The van der Waals surface area contributed by atoms with Gasteiger partial charge in [0.25, 0.3) is 0 Å². The van der Waals surface area contributed by atoms with E-state index < -0.39 is 0 Å². The minimum absolute atomic E-state index is 0.0446. The Kier molecular flexibility index (Phi) is 4.92. The highest BCUT2D eigenvalue weighted by Gasteiger charge is 2.31. The molecule has 0 spiro atoms. The molecule has 0 radical (unpaired) electrons. The number of nitrogens with two attached hydrogens (primary N) is 1. The predicted molar refractivity (Wildman–Crippen MR) is 132 cm³/mol. The fourth-order valence-corrected chi connectivity index (χ4v) is 5.12. The molecular formula is C27H24ClN3O2. The van der Waals surface area contributed by atoms with Gasteiger partial charge in [0.05, 0.1) is 6.04 Å². The van der Waals surface area contributed by atoms with Crippen molar-refractivity contribution in [2.75, 3.05) is 19.1 Å². The number of para-hydroxylation sites is 1. The van der Waals surface area contributed by atoms with Crippen molar-refractivity contribution in [3.63, 3.8) is 0 Å². The molecule has 1 atom stereocenters. The van der Waals surface area contributed by atoms with Crippen molar-refractivity contribution in [3.8, 4) is 11.5 Å². The average Bonchev–Trinajstić information content (AvgIpc) is 3.45. The Morgan fingerprint density at radius 3 is 2.88 bits per heavy atom. The molecule has 2 aliphatic rings. The molecule has 3 N–H and O–H groups in total. The molecule has 0 aliphatic carbocycles. The summed E-state index contributed by atoms with van der Waals surface area (Å²) in [5.41, 5.74) is 12.7. The molecule has 0 bridgehead atoms. The third-order valence-corrected chi connectivity index (χ3v) is 6.86. The Bertz CT molecular complexity index is 1380. The monoisotopic (exact) mass is 457 g/mol. The number of fused-ring (bicyclic) bond motifs is 4. The maximum absolute atomic E-state index is 6.37. The molecule has 0 saturated carbocycles. The lowest BCUT2D eigenvalue weighted by Gasteiger charge is -2.35. The van der Waals surface area contributed by atoms with Crippen molar-refractivity contribution in [1.82, 2.24) is 9.88 Å². The highest BCUT2D eigenvalue weighted by atomic mass is 35.5. The van der Waals surface area contributed by atoms with Crippen LogP contribution in [0.15, 0.2) is 72.9 Å². The number of H-pyrrole nitrogens is 1. The fourth-order valence-electron chi connectivity index (χ4n) is 4.93. The number of hydrogen-bond acceptors (Lipinski definition) is 4. The van der Waals surface area contributed by atoms with E-state index in [-0.39, 0.29) is 12.8 Å². The largest absolute Gasteiger partial charge is 0.454 e. The third kappa shape index (κ3) is 3.58. The van der Waals surface area contributed by atoms with Gasteiger partial charge in [-0.25, -0.2) is 0 Å². The van der Waals surface area contributed by atoms with E-state index in [4.69, 9.17) is 26.8 Å². The smallest absolute Gasteiger partial charge is 0.231 e. The summed E-state index contributed by atoms with van der Waals surface area (Å²) >= 11 is 6.37. The summed E-state index contributed by atoms with van der Waals surface area (Å²) in [4.78, 5) is 6.09. The Morgan fingerprint density at radius 1 is 1.06 bits per heavy atom. The second-order valence-electron chi connectivity index (χ2n) is 8.51. The molecule has 1 aromatic heterocycles. The second-order valence-corrected chi connectivity index (χ2v) is 8.91. The van der Waals surface area contributed by atoms with Crippen LogP contribution in [-0.2, 0) is 12.8 Å². The number of rotatable bonds is 4. The quantitative estimate of drug-likeness (QED) is 0.378. The van der Waals surface area contributed by atoms with Gasteiger partial charge in [-0.1, -0.05) is 41.9 Å². The summed E-state index contributed by atoms with van der Waals surface area (Å²) in [6.45, 7) is 1.18. The summed E-state index contributed by atoms with van der Waals surface area (Å²) in [7, 11) is 0. The first-order valence-electron chi connectivity index (χ1n) is 11.1. The summed E-state index contributed by atoms with van der Waals surface area (Å²) < 4.78 is 11.2. The van der Waals surface area contributed by atoms with Gasteiger partial charge in [0, 0.05) is 33.9 Å². The van der Waals surface area contributed by atoms with Crippen molar-refractivity contribution in [2.24, 2.45) is 0 Å². The van der Waals surface area contributed by atoms with Crippen LogP contribution in [0.2, 0.25) is 5.02 Å². The Morgan fingerprint density at radius 2 is 1.94 bits per heavy atom. The van der Waals surface area contributed by atoms with Gasteiger partial charge in [-0.05, 0) is 72.1 Å². The first-order chi connectivity index (χ1) is 16.2. The number of aromatic amines is 1. The molecule has 2 aliphatic heterocycles. The first-order valence-corrected chi connectivity index (χ1v) is 11.5. The molecule has 0 amide bonds. The number of benzene rings is 3. The number of ether oxygens (including phenoxy) is 2. The molecule has 3 heterocycles. The number of aromatic nitrogens is 1. The summed E-state index contributed by atoms with van der Waals surface area (Å²) in [5, 5.41) is 2.03. The molecular weight excluding hydrogens is 434 g/mol. The lowest BCUT2D eigenvalue weighted by molar-refractivity contribution is 0.174. The summed E-state index contributed by atoms with van der Waals surface area (Å²) in [5.74, 6) is 1.59. The van der Waals surface area contributed by atoms with Crippen molar-refractivity contribution >= 4 is 28.2 Å². The number of anilines is 1. The number of hydrogen-bond donors (Lipinski definition) is 2. The molecule has 1 unspecified atom stereocenters. The van der Waals surface area contributed by atoms with Gasteiger partial charge in [-0.2, -0.15) is 0 Å². The maximum atomic E-state index is 6.37. The summed E-state index contributed by atoms with van der Waals surface area (Å²) in [6, 6.07) is 20.4. The predicted octanol–water partition coefficient (Wildman–Crippen LogP) is 5.84. The van der Waals surface area contributed by atoms with Crippen molar-refractivity contribution in [3.05, 3.63) is 100 Å². The zero-order valence-electron chi connectivity index (χ0n) is 18.1. The van der Waals surface area contributed by atoms with E-state index >= 15 is 0 Å². The zero-order valence-corrected chi connectivity index (χ0v) is 18.8. The van der Waals surface area contributed by atoms with Gasteiger partial charge >= 0.3 is 0 Å². The minimum Gasteiger partial charge on any atom is -0.454 e. The van der Waals surface area contributed by atoms with Gasteiger partial charge < -0.3 is 25.1 Å². The van der Waals surface area contributed by atoms with Gasteiger partial charge in [0.15, 0.2) is 11.5 Å². The topological polar surface area (TPSA) is 63.5 Å². The van der Waals surface area contributed by atoms with E-state index in [1.807, 2.05) is 24.3 Å². The zero-order chi connectivity index (χ0) is 22.4. The van der Waals surface area contributed by atoms with E-state index in [0.717, 1.165) is 40.7 Å². The highest BCUT2D eigenvalue weighted by Crippen LogP contribution is 2.42. The van der Waals surface area contributed by atoms with Crippen LogP contribution in [0.25, 0.3) is 10.9 Å². The molecule has 3 aromatic carbocycles. The number of nitrogens with one attached hydrogen (secondary N) is 1. The summed E-state index contributed by atoms with van der Waals surface area (Å²) in [6.07, 6.45) is 6.04. The highest BCUT2D eigenvalue weighted by molar-refractivity contribution is 6.31. The standard InChI is InChI=1S/C27H24ClN3O2/c28-22-9-8-19(29)14-17(22)4-3-12-31-13-11-21-20-5-1-2-6-23(20)30-26(21)27(31)18-7-10-24-25(15-18)33-16-32-24/h1-3,5-10,12,14-15,27,30H,4,11,13,16,29H2/b12-3+. The fraction of sp³-hybridized carbons (Fsp3) is 0.185. The molecule has 6 rings (SSSR count). The minimum atomic E-state index is 0.0446. The van der Waals surface area contributed by atoms with E-state index in [1.54, 1.807) is 0 Å². The Balaban J connectivity index is 1.39. The van der Waals surface area contributed by atoms with Crippen LogP contribution < -0.4 is 15.2 Å². The van der Waals surface area contributed by atoms with Crippen LogP contribution in [-0.4, -0.2) is 23.2 Å². The van der Waals surface area contributed by atoms with E-state index in [1.165, 1.54) is 27.7 Å². The SMILES string of the molecule is Nc1ccc(Cl)c(C/C=C/N2CCc3c([nH]c4ccccc34)C2c2ccc3c(c2)OCO3)c1. The van der Waals surface area contributed by atoms with Gasteiger partial charge in [-0.15, -0.1) is 0 Å². The Labute approximate surface area is 197 Å². The lowest BCUT2D eigenvalue weighted by atomic mass is 9.92. The number of allylic oxidation sites excluding steroid dienone is 1. The lowest BCUT2D eigenvalue weighted by Crippen LogP contribution is -2.32. The normalized spacial score (nSPS) is 17.1. The van der Waals surface area contributed by atoms with Crippen molar-refractivity contribution in [2.45, 2.75) is 18.9 Å². The molecule has 33 heavy (non-hydrogen) atoms. The number of halogens is 1. The number of nitrogens with zero attached hydrogens (tertiary/aromatic N) is 1. The molecule has 0 fully saturated rings. The first kappa shape index (κ1) is 20.1. The van der Waals surface area contributed by atoms with Crippen molar-refractivity contribution < 1.29 is 9.47 Å². The van der Waals surface area contributed by atoms with Crippen LogP contribution in [0, 0.1) is 0 Å². The van der Waals surface area contributed by atoms with E-state index in [0.29, 0.717) is 6.42 Å². The maximum Gasteiger partial charge on any atom is 0.231 e. The van der Waals surface area contributed by atoms with Crippen LogP contribution in [0.1, 0.15) is 28.4 Å². The van der Waals surface area contributed by atoms with Gasteiger partial charge in [-0.3, -0.25) is 0 Å². The number of nitrogen functional groups attached to an aromatic ring is 1. The molecule has 5 nitrogen and oxygen atoms in total. The van der Waals surface area contributed by atoms with Gasteiger partial charge in [0.1, 0.15) is 0 Å². The van der Waals surface area contributed by atoms with Crippen LogP contribution in [0.3, 0.4) is 0 Å².